The zero-order valence-corrected chi connectivity index (χ0v) is 21.7. The molecule has 2 N–H and O–H groups in total. The number of fused-ring (bicyclic) bond motifs is 5. The van der Waals surface area contributed by atoms with E-state index in [1.165, 1.54) is 38.5 Å². The summed E-state index contributed by atoms with van der Waals surface area (Å²) in [7, 11) is -4.78. The van der Waals surface area contributed by atoms with Gasteiger partial charge in [0.2, 0.25) is 5.44 Å². The van der Waals surface area contributed by atoms with Gasteiger partial charge in [-0.3, -0.25) is 14.3 Å². The number of benzene rings is 1. The number of nitrogens with zero attached hydrogens (tertiary/aromatic N) is 3. The molecule has 4 fully saturated rings. The van der Waals surface area contributed by atoms with Crippen molar-refractivity contribution in [1.82, 2.24) is 14.5 Å². The third-order valence-electron chi connectivity index (χ3n) is 9.97. The molecular weight excluding hydrogens is 461 g/mol. The molecule has 2 aliphatic heterocycles. The van der Waals surface area contributed by atoms with Gasteiger partial charge in [0.1, 0.15) is 0 Å². The summed E-state index contributed by atoms with van der Waals surface area (Å²) in [5.74, 6) is 3.09. The van der Waals surface area contributed by atoms with Crippen LogP contribution < -0.4 is 11.0 Å². The molecule has 6 rings (SSSR count). The highest BCUT2D eigenvalue weighted by Gasteiger charge is 2.48. The van der Waals surface area contributed by atoms with Crippen LogP contribution in [0.4, 0.5) is 0 Å². The fraction of sp³-hybridized carbons (Fsp3) is 0.704. The topological polar surface area (TPSA) is 95.7 Å². The lowest BCUT2D eigenvalue weighted by Gasteiger charge is -2.57. The van der Waals surface area contributed by atoms with E-state index in [4.69, 9.17) is 0 Å². The predicted octanol–water partition coefficient (Wildman–Crippen LogP) is 4.22. The number of para-hydroxylation sites is 2. The molecular formula is C27H38N3O4P. The van der Waals surface area contributed by atoms with E-state index in [0.717, 1.165) is 37.0 Å². The lowest BCUT2D eigenvalue weighted by Crippen LogP contribution is -2.61. The Balaban J connectivity index is 1.38. The highest BCUT2D eigenvalue weighted by molar-refractivity contribution is 7.59. The minimum atomic E-state index is -4.78. The molecule has 3 heterocycles. The van der Waals surface area contributed by atoms with E-state index in [1.54, 1.807) is 16.7 Å². The molecule has 1 aromatic heterocycles. The van der Waals surface area contributed by atoms with E-state index < -0.39 is 18.6 Å². The number of piperidine rings is 2. The summed E-state index contributed by atoms with van der Waals surface area (Å²) < 4.78 is 13.9. The summed E-state index contributed by atoms with van der Waals surface area (Å²) in [5.41, 5.74) is -0.0896. The second-order valence-corrected chi connectivity index (χ2v) is 13.5. The van der Waals surface area contributed by atoms with Crippen molar-refractivity contribution in [3.8, 4) is 0 Å². The van der Waals surface area contributed by atoms with Crippen molar-refractivity contribution in [2.75, 3.05) is 0 Å². The summed E-state index contributed by atoms with van der Waals surface area (Å²) >= 11 is 0. The van der Waals surface area contributed by atoms with E-state index in [9.17, 15) is 19.1 Å². The lowest BCUT2D eigenvalue weighted by atomic mass is 9.64. The molecule has 0 radical (unpaired) electrons. The first-order chi connectivity index (χ1) is 16.7. The Labute approximate surface area is 207 Å². The molecule has 0 amide bonds. The van der Waals surface area contributed by atoms with Crippen LogP contribution in [0, 0.1) is 23.7 Å². The van der Waals surface area contributed by atoms with Crippen molar-refractivity contribution in [3.05, 3.63) is 34.6 Å². The standard InChI is InChI=1S/C27H38N3O4P/c1-16-7-9-18-11-19(16)13-21(12-18)29-20-10-8-17(2)25(29)15-22(14-20)30-24-6-4-3-5-23(24)28-26(27(30)31)35(32,33)34/h3-6,16-22,25H,7-15H2,1-2H3,(H2,32,33,34)/t16?,17?,18-,19?,20+,21+,22-,25?/m0/s1. The minimum absolute atomic E-state index is 0.0725. The van der Waals surface area contributed by atoms with E-state index >= 15 is 0 Å². The van der Waals surface area contributed by atoms with Gasteiger partial charge in [0, 0.05) is 24.2 Å². The van der Waals surface area contributed by atoms with Gasteiger partial charge >= 0.3 is 7.60 Å². The smallest absolute Gasteiger partial charge is 0.320 e. The molecule has 2 saturated heterocycles. The summed E-state index contributed by atoms with van der Waals surface area (Å²) in [6, 6.07) is 8.67. The first-order valence-electron chi connectivity index (χ1n) is 13.6. The molecule has 1 aromatic carbocycles. The van der Waals surface area contributed by atoms with Crippen molar-refractivity contribution >= 4 is 24.1 Å². The van der Waals surface area contributed by atoms with Crippen LogP contribution in [0.15, 0.2) is 29.1 Å². The zero-order chi connectivity index (χ0) is 24.5. The number of rotatable bonds is 3. The van der Waals surface area contributed by atoms with Gasteiger partial charge in [0.25, 0.3) is 5.56 Å². The number of hydrogen-bond donors (Lipinski definition) is 2. The SMILES string of the molecule is CC1CC[C@H]2CC1C[C@H](N1C3C[C@@H](n4c(=O)c(P(=O)(O)O)nc5ccccc54)C[C@H]1CCC3C)C2. The Morgan fingerprint density at radius 3 is 2.46 bits per heavy atom. The minimum Gasteiger partial charge on any atom is -0.320 e. The highest BCUT2D eigenvalue weighted by Crippen LogP contribution is 2.50. The maximum Gasteiger partial charge on any atom is 0.380 e. The molecule has 2 aliphatic carbocycles. The summed E-state index contributed by atoms with van der Waals surface area (Å²) in [5, 5.41) is 0. The fourth-order valence-electron chi connectivity index (χ4n) is 8.25. The van der Waals surface area contributed by atoms with Gasteiger partial charge in [-0.1, -0.05) is 38.8 Å². The largest absolute Gasteiger partial charge is 0.380 e. The summed E-state index contributed by atoms with van der Waals surface area (Å²) in [6.45, 7) is 4.80. The van der Waals surface area contributed by atoms with E-state index in [-0.39, 0.29) is 6.04 Å². The third-order valence-corrected chi connectivity index (χ3v) is 10.8. The lowest BCUT2D eigenvalue weighted by molar-refractivity contribution is -0.0743. The van der Waals surface area contributed by atoms with Crippen LogP contribution >= 0.6 is 7.60 Å². The van der Waals surface area contributed by atoms with Crippen LogP contribution in [-0.2, 0) is 4.57 Å². The van der Waals surface area contributed by atoms with Crippen molar-refractivity contribution < 1.29 is 14.4 Å². The predicted molar refractivity (Wildman–Crippen MR) is 137 cm³/mol. The first kappa shape index (κ1) is 23.8. The molecule has 4 aliphatic rings. The maximum atomic E-state index is 13.5. The van der Waals surface area contributed by atoms with Crippen LogP contribution in [0.2, 0.25) is 0 Å². The fourth-order valence-corrected chi connectivity index (χ4v) is 8.84. The molecule has 2 saturated carbocycles. The van der Waals surface area contributed by atoms with Gasteiger partial charge in [-0.25, -0.2) is 4.98 Å². The molecule has 35 heavy (non-hydrogen) atoms. The van der Waals surface area contributed by atoms with E-state index in [1.807, 2.05) is 12.1 Å². The number of aromatic nitrogens is 2. The first-order valence-corrected chi connectivity index (χ1v) is 15.2. The number of hydrogen-bond acceptors (Lipinski definition) is 4. The van der Waals surface area contributed by atoms with Crippen LogP contribution in [-0.4, -0.2) is 42.4 Å². The Morgan fingerprint density at radius 1 is 0.886 bits per heavy atom. The molecule has 4 unspecified atom stereocenters. The van der Waals surface area contributed by atoms with Gasteiger partial charge < -0.3 is 14.4 Å². The van der Waals surface area contributed by atoms with Crippen LogP contribution in [0.5, 0.6) is 0 Å². The monoisotopic (exact) mass is 499 g/mol. The van der Waals surface area contributed by atoms with Crippen LogP contribution in [0.1, 0.15) is 77.7 Å². The Morgan fingerprint density at radius 2 is 1.66 bits per heavy atom. The molecule has 2 aromatic rings. The Hall–Kier alpha value is -1.53. The molecule has 8 atom stereocenters. The Kier molecular flexibility index (Phi) is 5.99. The van der Waals surface area contributed by atoms with Gasteiger partial charge in [-0.2, -0.15) is 0 Å². The molecule has 0 spiro atoms. The third kappa shape index (κ3) is 4.13. The second kappa shape index (κ2) is 8.79. The van der Waals surface area contributed by atoms with E-state index in [2.05, 4.69) is 23.7 Å². The van der Waals surface area contributed by atoms with Gasteiger partial charge in [0.15, 0.2) is 0 Å². The molecule has 190 valence electrons. The van der Waals surface area contributed by atoms with E-state index in [0.29, 0.717) is 35.1 Å². The maximum absolute atomic E-state index is 13.5. The molecule has 8 heteroatoms. The van der Waals surface area contributed by atoms with Crippen molar-refractivity contribution in [2.45, 2.75) is 95.8 Å². The van der Waals surface area contributed by atoms with Crippen LogP contribution in [0.3, 0.4) is 0 Å². The quantitative estimate of drug-likeness (QED) is 0.614. The van der Waals surface area contributed by atoms with Crippen molar-refractivity contribution in [2.24, 2.45) is 23.7 Å². The second-order valence-electron chi connectivity index (χ2n) is 12.0. The van der Waals surface area contributed by atoms with Crippen LogP contribution in [0.25, 0.3) is 11.0 Å². The van der Waals surface area contributed by atoms with Gasteiger partial charge in [0.05, 0.1) is 11.0 Å². The zero-order valence-electron chi connectivity index (χ0n) is 20.8. The highest BCUT2D eigenvalue weighted by atomic mass is 31.2. The summed E-state index contributed by atoms with van der Waals surface area (Å²) in [6.07, 6.45) is 10.9. The van der Waals surface area contributed by atoms with Gasteiger partial charge in [-0.05, 0) is 80.8 Å². The van der Waals surface area contributed by atoms with Crippen molar-refractivity contribution in [1.29, 1.82) is 0 Å². The Bertz CT molecular complexity index is 1220. The van der Waals surface area contributed by atoms with Crippen molar-refractivity contribution in [3.63, 3.8) is 0 Å². The normalized spacial score (nSPS) is 37.9. The average Bonchev–Trinajstić information content (AvgIpc) is 2.82. The van der Waals surface area contributed by atoms with Gasteiger partial charge in [-0.15, -0.1) is 0 Å². The summed E-state index contributed by atoms with van der Waals surface area (Å²) in [4.78, 5) is 40.2. The molecule has 4 bridgehead atoms. The average molecular weight is 500 g/mol. The molecule has 7 nitrogen and oxygen atoms in total.